The van der Waals surface area contributed by atoms with E-state index in [4.69, 9.17) is 9.47 Å². The number of rotatable bonds is 8. The minimum atomic E-state index is -0.354. The summed E-state index contributed by atoms with van der Waals surface area (Å²) in [5.41, 5.74) is 2.63. The van der Waals surface area contributed by atoms with Gasteiger partial charge in [-0.15, -0.1) is 11.3 Å². The number of nitrogens with one attached hydrogen (secondary N) is 2. The number of carbonyl (C=O) groups is 2. The van der Waals surface area contributed by atoms with Crippen LogP contribution < -0.4 is 15.4 Å². The van der Waals surface area contributed by atoms with E-state index < -0.39 is 0 Å². The normalized spacial score (nSPS) is 10.4. The molecule has 150 valence electrons. The van der Waals surface area contributed by atoms with E-state index in [1.807, 2.05) is 17.5 Å². The average molecular weight is 412 g/mol. The Kier molecular flexibility index (Phi) is 6.88. The van der Waals surface area contributed by atoms with Crippen LogP contribution in [0.15, 0.2) is 48.0 Å². The van der Waals surface area contributed by atoms with Crippen LogP contribution in [0, 0.1) is 0 Å². The lowest BCUT2D eigenvalue weighted by atomic mass is 10.1. The number of benzene rings is 1. The highest BCUT2D eigenvalue weighted by Gasteiger charge is 2.15. The Morgan fingerprint density at radius 1 is 1.10 bits per heavy atom. The predicted molar refractivity (Wildman–Crippen MR) is 111 cm³/mol. The molecule has 0 radical (unpaired) electrons. The second-order valence-electron chi connectivity index (χ2n) is 5.95. The zero-order valence-electron chi connectivity index (χ0n) is 16.0. The maximum atomic E-state index is 12.6. The molecule has 0 saturated heterocycles. The van der Waals surface area contributed by atoms with Crippen LogP contribution in [0.3, 0.4) is 0 Å². The average Bonchev–Trinajstić information content (AvgIpc) is 3.17. The molecule has 0 saturated carbocycles. The van der Waals surface area contributed by atoms with Gasteiger partial charge in [-0.2, -0.15) is 0 Å². The number of amides is 2. The molecule has 9 heteroatoms. The van der Waals surface area contributed by atoms with Gasteiger partial charge in [0, 0.05) is 36.9 Å². The molecular formula is C20H20N4O4S. The van der Waals surface area contributed by atoms with E-state index in [2.05, 4.69) is 20.6 Å². The number of hydrogen-bond acceptors (Lipinski definition) is 7. The first-order valence-corrected chi connectivity index (χ1v) is 9.66. The number of anilines is 2. The van der Waals surface area contributed by atoms with Gasteiger partial charge in [0.25, 0.3) is 5.91 Å². The fourth-order valence-electron chi connectivity index (χ4n) is 2.46. The van der Waals surface area contributed by atoms with Crippen molar-refractivity contribution < 1.29 is 19.1 Å². The van der Waals surface area contributed by atoms with Crippen molar-refractivity contribution in [1.29, 1.82) is 0 Å². The van der Waals surface area contributed by atoms with Crippen molar-refractivity contribution in [3.8, 4) is 17.1 Å². The molecule has 0 atom stereocenters. The molecule has 1 aromatic carbocycles. The van der Waals surface area contributed by atoms with E-state index in [0.717, 1.165) is 11.3 Å². The van der Waals surface area contributed by atoms with Gasteiger partial charge < -0.3 is 14.8 Å². The smallest absolute Gasteiger partial charge is 0.262 e. The topological polar surface area (TPSA) is 102 Å². The second-order valence-corrected chi connectivity index (χ2v) is 6.81. The number of hydrogen-bond donors (Lipinski definition) is 2. The van der Waals surface area contributed by atoms with Crippen LogP contribution in [0.4, 0.5) is 10.8 Å². The van der Waals surface area contributed by atoms with Crippen LogP contribution in [-0.2, 0) is 9.53 Å². The van der Waals surface area contributed by atoms with Crippen LogP contribution in [-0.4, -0.2) is 42.1 Å². The molecule has 0 bridgehead atoms. The third-order valence-electron chi connectivity index (χ3n) is 3.77. The highest BCUT2D eigenvalue weighted by molar-refractivity contribution is 7.14. The molecule has 0 aliphatic carbocycles. The molecule has 0 spiro atoms. The lowest BCUT2D eigenvalue weighted by Gasteiger charge is -2.09. The largest absolute Gasteiger partial charge is 0.475 e. The molecular weight excluding hydrogens is 392 g/mol. The maximum absolute atomic E-state index is 12.6. The van der Waals surface area contributed by atoms with Crippen LogP contribution in [0.25, 0.3) is 11.3 Å². The van der Waals surface area contributed by atoms with Gasteiger partial charge in [-0.25, -0.2) is 9.97 Å². The van der Waals surface area contributed by atoms with Crippen LogP contribution in [0.2, 0.25) is 0 Å². The Labute approximate surface area is 171 Å². The fourth-order valence-corrected chi connectivity index (χ4v) is 3.17. The second kappa shape index (κ2) is 9.76. The Hall–Kier alpha value is -3.30. The first-order valence-electron chi connectivity index (χ1n) is 8.78. The zero-order chi connectivity index (χ0) is 20.6. The monoisotopic (exact) mass is 412 g/mol. The predicted octanol–water partition coefficient (Wildman–Crippen LogP) is 3.44. The summed E-state index contributed by atoms with van der Waals surface area (Å²) in [6, 6.07) is 10.6. The summed E-state index contributed by atoms with van der Waals surface area (Å²) in [4.78, 5) is 32.3. The molecule has 0 aliphatic heterocycles. The minimum Gasteiger partial charge on any atom is -0.475 e. The van der Waals surface area contributed by atoms with E-state index in [1.54, 1.807) is 37.6 Å². The molecule has 29 heavy (non-hydrogen) atoms. The lowest BCUT2D eigenvalue weighted by molar-refractivity contribution is -0.114. The quantitative estimate of drug-likeness (QED) is 0.550. The number of methoxy groups -OCH3 is 1. The zero-order valence-corrected chi connectivity index (χ0v) is 16.8. The highest BCUT2D eigenvalue weighted by atomic mass is 32.1. The summed E-state index contributed by atoms with van der Waals surface area (Å²) in [7, 11) is 1.57. The number of aromatic nitrogens is 2. The molecule has 2 aromatic heterocycles. The number of nitrogens with zero attached hydrogens (tertiary/aromatic N) is 2. The maximum Gasteiger partial charge on any atom is 0.262 e. The Bertz CT molecular complexity index is 988. The van der Waals surface area contributed by atoms with Gasteiger partial charge in [-0.05, 0) is 24.3 Å². The van der Waals surface area contributed by atoms with Crippen molar-refractivity contribution in [2.45, 2.75) is 6.92 Å². The minimum absolute atomic E-state index is 0.127. The fraction of sp³-hybridized carbons (Fsp3) is 0.200. The third kappa shape index (κ3) is 5.59. The molecule has 0 unspecified atom stereocenters. The first kappa shape index (κ1) is 20.4. The van der Waals surface area contributed by atoms with Crippen molar-refractivity contribution >= 4 is 34.0 Å². The molecule has 0 fully saturated rings. The van der Waals surface area contributed by atoms with Crippen molar-refractivity contribution in [3.63, 3.8) is 0 Å². The standard InChI is InChI=1S/C20H20N4O4S/c1-13(25)22-15-7-5-14(6-8-15)17-12-29-20(23-17)24-18(26)16-4-3-9-21-19(16)28-11-10-27-2/h3-9,12H,10-11H2,1-2H3,(H,22,25)(H,23,24,26). The summed E-state index contributed by atoms with van der Waals surface area (Å²) >= 11 is 1.32. The molecule has 3 rings (SSSR count). The van der Waals surface area contributed by atoms with Crippen molar-refractivity contribution in [2.75, 3.05) is 31.0 Å². The van der Waals surface area contributed by atoms with Gasteiger partial charge >= 0.3 is 0 Å². The van der Waals surface area contributed by atoms with Crippen LogP contribution in [0.5, 0.6) is 5.88 Å². The lowest BCUT2D eigenvalue weighted by Crippen LogP contribution is -2.15. The molecule has 0 aliphatic rings. The molecule has 2 heterocycles. The number of thiazole rings is 1. The van der Waals surface area contributed by atoms with E-state index in [1.165, 1.54) is 18.3 Å². The van der Waals surface area contributed by atoms with Gasteiger partial charge in [0.15, 0.2) is 5.13 Å². The SMILES string of the molecule is COCCOc1ncccc1C(=O)Nc1nc(-c2ccc(NC(C)=O)cc2)cs1. The van der Waals surface area contributed by atoms with Gasteiger partial charge in [0.05, 0.1) is 12.3 Å². The number of ether oxygens (including phenoxy) is 2. The summed E-state index contributed by atoms with van der Waals surface area (Å²) in [6.45, 7) is 2.15. The Morgan fingerprint density at radius 3 is 2.62 bits per heavy atom. The van der Waals surface area contributed by atoms with E-state index in [9.17, 15) is 9.59 Å². The van der Waals surface area contributed by atoms with Gasteiger partial charge in [0.2, 0.25) is 11.8 Å². The number of pyridine rings is 1. The van der Waals surface area contributed by atoms with Crippen molar-refractivity contribution in [3.05, 3.63) is 53.5 Å². The summed E-state index contributed by atoms with van der Waals surface area (Å²) in [5, 5.41) is 7.80. The Morgan fingerprint density at radius 2 is 1.90 bits per heavy atom. The third-order valence-corrected chi connectivity index (χ3v) is 4.53. The van der Waals surface area contributed by atoms with E-state index >= 15 is 0 Å². The highest BCUT2D eigenvalue weighted by Crippen LogP contribution is 2.27. The van der Waals surface area contributed by atoms with Crippen molar-refractivity contribution in [1.82, 2.24) is 9.97 Å². The van der Waals surface area contributed by atoms with Gasteiger partial charge in [0.1, 0.15) is 12.2 Å². The summed E-state index contributed by atoms with van der Waals surface area (Å²) in [6.07, 6.45) is 1.56. The first-order chi connectivity index (χ1) is 14.1. The molecule has 2 amide bonds. The van der Waals surface area contributed by atoms with Crippen LogP contribution >= 0.6 is 11.3 Å². The molecule has 8 nitrogen and oxygen atoms in total. The van der Waals surface area contributed by atoms with Crippen LogP contribution in [0.1, 0.15) is 17.3 Å². The summed E-state index contributed by atoms with van der Waals surface area (Å²) in [5.74, 6) is -0.239. The molecule has 3 aromatic rings. The number of carbonyl (C=O) groups excluding carboxylic acids is 2. The Balaban J connectivity index is 1.69. The van der Waals surface area contributed by atoms with Gasteiger partial charge in [-0.1, -0.05) is 12.1 Å². The van der Waals surface area contributed by atoms with Gasteiger partial charge in [-0.3, -0.25) is 14.9 Å². The van der Waals surface area contributed by atoms with Crippen molar-refractivity contribution in [2.24, 2.45) is 0 Å². The summed E-state index contributed by atoms with van der Waals surface area (Å²) < 4.78 is 10.5. The van der Waals surface area contributed by atoms with E-state index in [0.29, 0.717) is 29.6 Å². The molecule has 2 N–H and O–H groups in total. The van der Waals surface area contributed by atoms with E-state index in [-0.39, 0.29) is 17.7 Å².